The number of carbonyl (C=O) groups is 1. The molecule has 4 heteroatoms. The van der Waals surface area contributed by atoms with Crippen molar-refractivity contribution in [3.63, 3.8) is 0 Å². The van der Waals surface area contributed by atoms with Gasteiger partial charge in [-0.05, 0) is 64.7 Å². The van der Waals surface area contributed by atoms with Crippen LogP contribution in [0.3, 0.4) is 0 Å². The molecular weight excluding hydrogens is 370 g/mol. The van der Waals surface area contributed by atoms with Gasteiger partial charge in [0.1, 0.15) is 6.10 Å². The van der Waals surface area contributed by atoms with Gasteiger partial charge >= 0.3 is 0 Å². The molecule has 1 unspecified atom stereocenters. The van der Waals surface area contributed by atoms with E-state index in [1.165, 1.54) is 0 Å². The number of hydroxylamine groups is 2. The van der Waals surface area contributed by atoms with Crippen LogP contribution in [-0.4, -0.2) is 28.0 Å². The molecule has 28 heavy (non-hydrogen) atoms. The molecule has 0 N–H and O–H groups in total. The van der Waals surface area contributed by atoms with Gasteiger partial charge in [-0.1, -0.05) is 54.1 Å². The average Bonchev–Trinajstić information content (AvgIpc) is 2.65. The molecule has 2 aromatic carbocycles. The Labute approximate surface area is 173 Å². The second-order valence-corrected chi connectivity index (χ2v) is 9.36. The van der Waals surface area contributed by atoms with Gasteiger partial charge in [-0.3, -0.25) is 9.63 Å². The van der Waals surface area contributed by atoms with Crippen molar-refractivity contribution in [2.75, 3.05) is 0 Å². The fourth-order valence-corrected chi connectivity index (χ4v) is 4.32. The standard InChI is InChI=1S/C24H30ClNO2/c1-23(2)15-8-16-24(3,4)26(23)28-21(17-18-11-13-20(25)14-12-18)22(27)19-9-6-5-7-10-19/h5-7,9-14,21H,8,15-17H2,1-4H3. The lowest BCUT2D eigenvalue weighted by Crippen LogP contribution is -2.60. The number of benzene rings is 2. The highest BCUT2D eigenvalue weighted by Gasteiger charge is 2.44. The van der Waals surface area contributed by atoms with Gasteiger partial charge in [0.2, 0.25) is 0 Å². The van der Waals surface area contributed by atoms with Crippen LogP contribution in [-0.2, 0) is 11.3 Å². The maximum atomic E-state index is 13.3. The first-order valence-corrected chi connectivity index (χ1v) is 10.4. The van der Waals surface area contributed by atoms with Gasteiger partial charge in [0, 0.05) is 28.1 Å². The molecule has 0 aliphatic carbocycles. The summed E-state index contributed by atoms with van der Waals surface area (Å²) >= 11 is 6.03. The summed E-state index contributed by atoms with van der Waals surface area (Å²) in [4.78, 5) is 19.9. The molecule has 3 nitrogen and oxygen atoms in total. The summed E-state index contributed by atoms with van der Waals surface area (Å²) in [6.45, 7) is 8.78. The first kappa shape index (κ1) is 21.0. The van der Waals surface area contributed by atoms with Crippen molar-refractivity contribution in [2.45, 2.75) is 70.6 Å². The fraction of sp³-hybridized carbons (Fsp3) is 0.458. The van der Waals surface area contributed by atoms with E-state index in [0.29, 0.717) is 17.0 Å². The van der Waals surface area contributed by atoms with Crippen molar-refractivity contribution in [2.24, 2.45) is 0 Å². The maximum absolute atomic E-state index is 13.3. The predicted octanol–water partition coefficient (Wildman–Crippen LogP) is 6.11. The van der Waals surface area contributed by atoms with Crippen molar-refractivity contribution in [3.8, 4) is 0 Å². The van der Waals surface area contributed by atoms with Crippen LogP contribution >= 0.6 is 11.6 Å². The van der Waals surface area contributed by atoms with Gasteiger partial charge in [-0.15, -0.1) is 0 Å². The van der Waals surface area contributed by atoms with E-state index in [0.717, 1.165) is 24.8 Å². The second kappa shape index (κ2) is 8.36. The fourth-order valence-electron chi connectivity index (χ4n) is 4.19. The van der Waals surface area contributed by atoms with Crippen molar-refractivity contribution in [1.29, 1.82) is 0 Å². The Morgan fingerprint density at radius 1 is 1.00 bits per heavy atom. The molecule has 1 saturated heterocycles. The number of piperidine rings is 1. The first-order chi connectivity index (χ1) is 13.2. The van der Waals surface area contributed by atoms with Crippen LogP contribution in [0.15, 0.2) is 54.6 Å². The number of carbonyl (C=O) groups excluding carboxylic acids is 1. The predicted molar refractivity (Wildman–Crippen MR) is 115 cm³/mol. The number of nitrogens with zero attached hydrogens (tertiary/aromatic N) is 1. The minimum Gasteiger partial charge on any atom is -0.291 e. The molecule has 1 heterocycles. The number of ketones is 1. The Morgan fingerprint density at radius 2 is 1.57 bits per heavy atom. The average molecular weight is 400 g/mol. The van der Waals surface area contributed by atoms with Crippen molar-refractivity contribution < 1.29 is 9.63 Å². The van der Waals surface area contributed by atoms with Crippen molar-refractivity contribution in [1.82, 2.24) is 5.06 Å². The van der Waals surface area contributed by atoms with Crippen molar-refractivity contribution in [3.05, 3.63) is 70.7 Å². The lowest BCUT2D eigenvalue weighted by Gasteiger charge is -2.52. The lowest BCUT2D eigenvalue weighted by molar-refractivity contribution is -0.294. The van der Waals surface area contributed by atoms with E-state index in [1.807, 2.05) is 54.6 Å². The third-order valence-electron chi connectivity index (χ3n) is 5.59. The molecule has 0 amide bonds. The monoisotopic (exact) mass is 399 g/mol. The van der Waals surface area contributed by atoms with Gasteiger partial charge in [0.15, 0.2) is 5.78 Å². The Kier molecular flexibility index (Phi) is 6.28. The molecule has 3 rings (SSSR count). The third kappa shape index (κ3) is 4.83. The summed E-state index contributed by atoms with van der Waals surface area (Å²) in [5.74, 6) is 0.00715. The minimum absolute atomic E-state index is 0.00715. The Morgan fingerprint density at radius 3 is 2.14 bits per heavy atom. The molecule has 150 valence electrons. The van der Waals surface area contributed by atoms with E-state index in [9.17, 15) is 4.79 Å². The Bertz CT molecular complexity index is 783. The summed E-state index contributed by atoms with van der Waals surface area (Å²) < 4.78 is 0. The van der Waals surface area contributed by atoms with Crippen LogP contribution in [0, 0.1) is 0 Å². The minimum atomic E-state index is -0.583. The van der Waals surface area contributed by atoms with Gasteiger partial charge < -0.3 is 0 Å². The van der Waals surface area contributed by atoms with E-state index >= 15 is 0 Å². The van der Waals surface area contributed by atoms with Gasteiger partial charge in [0.25, 0.3) is 0 Å². The lowest BCUT2D eigenvalue weighted by atomic mass is 9.82. The topological polar surface area (TPSA) is 29.5 Å². The first-order valence-electron chi connectivity index (χ1n) is 10.00. The van der Waals surface area contributed by atoms with Gasteiger partial charge in [-0.25, -0.2) is 0 Å². The zero-order valence-corrected chi connectivity index (χ0v) is 18.0. The number of hydrogen-bond acceptors (Lipinski definition) is 3. The maximum Gasteiger partial charge on any atom is 0.194 e. The molecular formula is C24H30ClNO2. The summed E-state index contributed by atoms with van der Waals surface area (Å²) in [5, 5.41) is 2.76. The third-order valence-corrected chi connectivity index (χ3v) is 5.85. The van der Waals surface area contributed by atoms with Crippen LogP contribution in [0.4, 0.5) is 0 Å². The molecule has 0 radical (unpaired) electrons. The molecule has 1 aliphatic rings. The van der Waals surface area contributed by atoms with E-state index < -0.39 is 6.10 Å². The highest BCUT2D eigenvalue weighted by molar-refractivity contribution is 6.30. The number of Topliss-reactive ketones (excluding diaryl/α,β-unsaturated/α-hetero) is 1. The molecule has 1 atom stereocenters. The van der Waals surface area contributed by atoms with E-state index in [-0.39, 0.29) is 16.9 Å². The summed E-state index contributed by atoms with van der Waals surface area (Å²) in [6, 6.07) is 17.0. The SMILES string of the molecule is CC1(C)CCCC(C)(C)N1OC(Cc1ccc(Cl)cc1)C(=O)c1ccccc1. The van der Waals surface area contributed by atoms with E-state index in [1.54, 1.807) is 0 Å². The summed E-state index contributed by atoms with van der Waals surface area (Å²) in [6.07, 6.45) is 3.18. The van der Waals surface area contributed by atoms with E-state index in [4.69, 9.17) is 16.4 Å². The highest BCUT2D eigenvalue weighted by Crippen LogP contribution is 2.39. The van der Waals surface area contributed by atoms with Crippen LogP contribution in [0.1, 0.15) is 62.9 Å². The zero-order chi connectivity index (χ0) is 20.4. The quantitative estimate of drug-likeness (QED) is 0.549. The highest BCUT2D eigenvalue weighted by atomic mass is 35.5. The molecule has 2 aromatic rings. The van der Waals surface area contributed by atoms with Crippen LogP contribution in [0.2, 0.25) is 5.02 Å². The summed E-state index contributed by atoms with van der Waals surface area (Å²) in [5.41, 5.74) is 1.45. The zero-order valence-electron chi connectivity index (χ0n) is 17.2. The smallest absolute Gasteiger partial charge is 0.194 e. The van der Waals surface area contributed by atoms with Crippen LogP contribution in [0.25, 0.3) is 0 Å². The van der Waals surface area contributed by atoms with Crippen LogP contribution < -0.4 is 0 Å². The summed E-state index contributed by atoms with van der Waals surface area (Å²) in [7, 11) is 0. The van der Waals surface area contributed by atoms with Gasteiger partial charge in [0.05, 0.1) is 0 Å². The molecule has 0 bridgehead atoms. The molecule has 1 fully saturated rings. The second-order valence-electron chi connectivity index (χ2n) is 8.93. The number of hydrogen-bond donors (Lipinski definition) is 0. The molecule has 0 aromatic heterocycles. The van der Waals surface area contributed by atoms with Crippen molar-refractivity contribution >= 4 is 17.4 Å². The molecule has 0 spiro atoms. The largest absolute Gasteiger partial charge is 0.291 e. The van der Waals surface area contributed by atoms with Gasteiger partial charge in [-0.2, -0.15) is 5.06 Å². The molecule has 0 saturated carbocycles. The number of halogens is 1. The normalized spacial score (nSPS) is 19.9. The molecule has 1 aliphatic heterocycles. The van der Waals surface area contributed by atoms with E-state index in [2.05, 4.69) is 32.8 Å². The van der Waals surface area contributed by atoms with Crippen LogP contribution in [0.5, 0.6) is 0 Å². The number of rotatable bonds is 6. The Hall–Kier alpha value is -1.68. The Balaban J connectivity index is 1.91.